The Bertz CT molecular complexity index is 4120. The van der Waals surface area contributed by atoms with E-state index < -0.39 is 85.5 Å². The minimum absolute atomic E-state index is 0.113. The van der Waals surface area contributed by atoms with Crippen molar-refractivity contribution < 1.29 is 71.2 Å². The molecular formula is C132H194O15. The molecule has 0 spiro atoms. The molecule has 2 aliphatic rings. The van der Waals surface area contributed by atoms with Crippen LogP contribution in [-0.2, 0) is 124 Å². The van der Waals surface area contributed by atoms with Crippen molar-refractivity contribution in [1.29, 1.82) is 0 Å². The zero-order chi connectivity index (χ0) is 103. The zero-order valence-corrected chi connectivity index (χ0v) is 91.6. The quantitative estimate of drug-likeness (QED) is 0.0262. The van der Waals surface area contributed by atoms with Crippen LogP contribution in [0.3, 0.4) is 0 Å². The summed E-state index contributed by atoms with van der Waals surface area (Å²) in [5.74, 6) is -1.89. The Morgan fingerprint density at radius 3 is 0.599 bits per heavy atom. The number of rotatable bonds is 88. The third-order valence-corrected chi connectivity index (χ3v) is 30.0. The van der Waals surface area contributed by atoms with Gasteiger partial charge in [-0.1, -0.05) is 591 Å². The van der Waals surface area contributed by atoms with Crippen LogP contribution in [0.1, 0.15) is 419 Å². The molecule has 147 heavy (non-hydrogen) atoms. The number of carbonyl (C=O) groups excluding carboxylic acids is 2. The fourth-order valence-corrected chi connectivity index (χ4v) is 21.1. The van der Waals surface area contributed by atoms with E-state index in [4.69, 9.17) is 61.6 Å². The fraction of sp³-hybridized carbons (Fsp3) is 0.621. The van der Waals surface area contributed by atoms with Crippen LogP contribution in [0.15, 0.2) is 243 Å². The fourth-order valence-electron chi connectivity index (χ4n) is 21.1. The second-order valence-corrected chi connectivity index (χ2v) is 42.4. The number of carbonyl (C=O) groups is 2. The van der Waals surface area contributed by atoms with Gasteiger partial charge in [-0.3, -0.25) is 9.59 Å². The van der Waals surface area contributed by atoms with E-state index in [1.165, 1.54) is 244 Å². The van der Waals surface area contributed by atoms with E-state index >= 15 is 9.59 Å². The Balaban J connectivity index is 1.03. The molecule has 0 N–H and O–H groups in total. The number of esters is 2. The third-order valence-electron chi connectivity index (χ3n) is 30.0. The largest absolute Gasteiger partial charge is 0.463 e. The van der Waals surface area contributed by atoms with Crippen LogP contribution in [0.4, 0.5) is 0 Å². The molecule has 2 fully saturated rings. The maximum atomic E-state index is 16.3. The lowest BCUT2D eigenvalue weighted by molar-refractivity contribution is -0.394. The highest BCUT2D eigenvalue weighted by atomic mass is 16.8. The smallest absolute Gasteiger partial charge is 0.311 e. The van der Waals surface area contributed by atoms with Gasteiger partial charge in [0.15, 0.2) is 12.6 Å². The molecule has 0 bridgehead atoms. The van der Waals surface area contributed by atoms with Crippen LogP contribution in [0.5, 0.6) is 0 Å². The third kappa shape index (κ3) is 51.0. The van der Waals surface area contributed by atoms with Crippen LogP contribution >= 0.6 is 0 Å². The minimum atomic E-state index is -1.38. The number of benzene rings is 8. The predicted octanol–water partition coefficient (Wildman–Crippen LogP) is 34.6. The standard InChI is InChI=1S/C132H194O15/c1-5-9-13-17-21-25-29-33-37-41-45-49-77-97-119(135-99-109-79-59-51-60-80-109)117(95-75-47-43-39-35-31-27-23-19-15-11-7-3)129(133)143-107-121-123(137-101-111-83-63-53-64-84-111)125(139-103-113-87-67-55-68-88-113)127(141-105-115-91-71-57-72-92-115)131(145-121)147-132-128(142-106-116-93-73-58-74-94-116)126(140-104-114-89-69-56-70-90-114)124(138-102-112-85-65-54-66-86-112)122(146-132)108-144-130(134)118(96-76-48-44-40-36-32-28-24-20-16-12-8-4)120(136-100-110-81-61-52-62-82-110)98-78-50-46-42-38-34-30-26-22-18-14-10-6-2/h51-74,79-94,117-128,131-132H,5-50,75-78,95-108H2,1-4H3/t117-,118-,119-,120-,121-,122-,123-,124-,125+,126+,127-,128-,131-,132-/m1/s1. The summed E-state index contributed by atoms with van der Waals surface area (Å²) in [6, 6.07) is 81.6. The molecule has 0 amide bonds. The minimum Gasteiger partial charge on any atom is -0.463 e. The van der Waals surface area contributed by atoms with Crippen LogP contribution < -0.4 is 0 Å². The van der Waals surface area contributed by atoms with E-state index in [-0.39, 0.29) is 64.8 Å². The Kier molecular flexibility index (Phi) is 65.3. The SMILES string of the molecule is CCCCCCCCCCCCCCC[C@@H](OCc1ccccc1)[C@@H](CCCCCCCCCCCCCC)C(=O)OC[C@H]1O[C@H](O[C@H]2O[C@H](COC(=O)[C@H](CCCCCCCCCCCCCC)[C@@H](CCCCCCCCCCCCCCC)OCc3ccccc3)[C@@H](OCc3ccccc3)[C@H](OCc3ccccc3)[C@H]2OCc2ccccc2)[C@H](OCc2ccccc2)[C@@H](OCc2ccccc2)[C@@H]1OCc1ccccc1. The molecule has 0 aliphatic carbocycles. The summed E-state index contributed by atoms with van der Waals surface area (Å²) in [5, 5.41) is 0. The normalized spacial score (nSPS) is 18.7. The van der Waals surface area contributed by atoms with E-state index in [2.05, 4.69) is 125 Å². The van der Waals surface area contributed by atoms with Gasteiger partial charge in [-0.25, -0.2) is 0 Å². The van der Waals surface area contributed by atoms with Crippen LogP contribution in [0, 0.1) is 11.8 Å². The first kappa shape index (κ1) is 121. The van der Waals surface area contributed by atoms with Gasteiger partial charge in [-0.15, -0.1) is 0 Å². The lowest BCUT2D eigenvalue weighted by atomic mass is 9.91. The van der Waals surface area contributed by atoms with Gasteiger partial charge in [-0.2, -0.15) is 0 Å². The summed E-state index contributed by atoms with van der Waals surface area (Å²) in [4.78, 5) is 32.7. The number of hydrogen-bond acceptors (Lipinski definition) is 15. The molecule has 2 saturated heterocycles. The molecule has 812 valence electrons. The summed E-state index contributed by atoms with van der Waals surface area (Å²) in [7, 11) is 0. The first-order valence-corrected chi connectivity index (χ1v) is 59.3. The summed E-state index contributed by atoms with van der Waals surface area (Å²) in [6.45, 7) is 10.2. The lowest BCUT2D eigenvalue weighted by Gasteiger charge is -2.49. The van der Waals surface area contributed by atoms with Crippen molar-refractivity contribution >= 4 is 11.9 Å². The molecular weight excluding hydrogens is 1830 g/mol. The highest BCUT2D eigenvalue weighted by Crippen LogP contribution is 2.40. The van der Waals surface area contributed by atoms with E-state index in [9.17, 15) is 0 Å². The van der Waals surface area contributed by atoms with E-state index in [1.807, 2.05) is 146 Å². The van der Waals surface area contributed by atoms with E-state index in [1.54, 1.807) is 0 Å². The zero-order valence-electron chi connectivity index (χ0n) is 91.6. The average molecular weight is 2020 g/mol. The number of hydrogen-bond donors (Lipinski definition) is 0. The van der Waals surface area contributed by atoms with Crippen molar-refractivity contribution in [3.63, 3.8) is 0 Å². The molecule has 0 saturated carbocycles. The first-order valence-electron chi connectivity index (χ1n) is 59.3. The molecule has 2 aliphatic heterocycles. The highest BCUT2D eigenvalue weighted by Gasteiger charge is 2.55. The van der Waals surface area contributed by atoms with E-state index in [0.717, 1.165) is 122 Å². The van der Waals surface area contributed by atoms with Gasteiger partial charge >= 0.3 is 11.9 Å². The molecule has 8 aromatic rings. The predicted molar refractivity (Wildman–Crippen MR) is 599 cm³/mol. The van der Waals surface area contributed by atoms with Crippen molar-refractivity contribution in [2.75, 3.05) is 13.2 Å². The van der Waals surface area contributed by atoms with Gasteiger partial charge < -0.3 is 61.6 Å². The number of unbranched alkanes of at least 4 members (excludes halogenated alkanes) is 46. The van der Waals surface area contributed by atoms with Crippen molar-refractivity contribution in [1.82, 2.24) is 0 Å². The molecule has 0 aromatic heterocycles. The van der Waals surface area contributed by atoms with Crippen molar-refractivity contribution in [3.8, 4) is 0 Å². The first-order chi connectivity index (χ1) is 72.8. The molecule has 0 radical (unpaired) electrons. The summed E-state index contributed by atoms with van der Waals surface area (Å²) in [6.07, 6.45) is 51.9. The second kappa shape index (κ2) is 79.3. The maximum Gasteiger partial charge on any atom is 0.311 e. The van der Waals surface area contributed by atoms with Crippen molar-refractivity contribution in [2.45, 2.75) is 501 Å². The van der Waals surface area contributed by atoms with Crippen LogP contribution in [-0.4, -0.2) is 98.8 Å². The Labute approximate surface area is 890 Å². The van der Waals surface area contributed by atoms with Gasteiger partial charge in [0.1, 0.15) is 62.0 Å². The summed E-state index contributed by atoms with van der Waals surface area (Å²) < 4.78 is 96.8. The monoisotopic (exact) mass is 2020 g/mol. The van der Waals surface area contributed by atoms with E-state index in [0.29, 0.717) is 38.9 Å². The van der Waals surface area contributed by atoms with Gasteiger partial charge in [-0.05, 0) is 70.2 Å². The molecule has 15 nitrogen and oxygen atoms in total. The van der Waals surface area contributed by atoms with Crippen molar-refractivity contribution in [3.05, 3.63) is 287 Å². The van der Waals surface area contributed by atoms with Gasteiger partial charge in [0.05, 0.1) is 76.9 Å². The second-order valence-electron chi connectivity index (χ2n) is 42.4. The topological polar surface area (TPSA) is 154 Å². The Morgan fingerprint density at radius 1 is 0.211 bits per heavy atom. The van der Waals surface area contributed by atoms with Gasteiger partial charge in [0.25, 0.3) is 0 Å². The molecule has 0 unspecified atom stereocenters. The Morgan fingerprint density at radius 2 is 0.388 bits per heavy atom. The molecule has 10 rings (SSSR count). The maximum absolute atomic E-state index is 16.3. The lowest BCUT2D eigenvalue weighted by Crippen LogP contribution is -2.66. The highest BCUT2D eigenvalue weighted by molar-refractivity contribution is 5.73. The summed E-state index contributed by atoms with van der Waals surface area (Å²) in [5.41, 5.74) is 7.62. The van der Waals surface area contributed by atoms with Crippen molar-refractivity contribution in [2.24, 2.45) is 11.8 Å². The van der Waals surface area contributed by atoms with Crippen LogP contribution in [0.2, 0.25) is 0 Å². The number of ether oxygens (including phenoxy) is 13. The molecule has 15 heteroatoms. The van der Waals surface area contributed by atoms with Gasteiger partial charge in [0.2, 0.25) is 0 Å². The average Bonchev–Trinajstić information content (AvgIpc) is 0.764. The van der Waals surface area contributed by atoms with Crippen LogP contribution in [0.25, 0.3) is 0 Å². The molecule has 2 heterocycles. The summed E-state index contributed by atoms with van der Waals surface area (Å²) >= 11 is 0. The molecule has 14 atom stereocenters. The Hall–Kier alpha value is -7.74. The van der Waals surface area contributed by atoms with Gasteiger partial charge in [0, 0.05) is 0 Å². The molecule has 8 aromatic carbocycles.